The molecule has 0 radical (unpaired) electrons. The maximum atomic E-state index is 10.7. The lowest BCUT2D eigenvalue weighted by molar-refractivity contribution is -0.117. The van der Waals surface area contributed by atoms with Crippen LogP contribution in [0, 0.1) is 0 Å². The van der Waals surface area contributed by atoms with Gasteiger partial charge in [0.1, 0.15) is 0 Å². The second-order valence-corrected chi connectivity index (χ2v) is 5.85. The Morgan fingerprint density at radius 2 is 1.68 bits per heavy atom. The molecule has 0 unspecified atom stereocenters. The molecule has 0 saturated heterocycles. The van der Waals surface area contributed by atoms with Gasteiger partial charge in [-0.3, -0.25) is 9.35 Å². The average Bonchev–Trinajstić information content (AvgIpc) is 2.28. The minimum atomic E-state index is -4.29. The van der Waals surface area contributed by atoms with Crippen LogP contribution in [0.2, 0.25) is 0 Å². The Kier molecular flexibility index (Phi) is 10.6. The molecule has 0 bridgehead atoms. The molecule has 114 valence electrons. The van der Waals surface area contributed by atoms with Gasteiger partial charge < -0.3 is 20.8 Å². The molecular formula is C10H22N2O6S. The van der Waals surface area contributed by atoms with Crippen molar-refractivity contribution in [1.29, 1.82) is 0 Å². The van der Waals surface area contributed by atoms with E-state index in [9.17, 15) is 13.2 Å². The molecule has 0 fully saturated rings. The molecule has 1 amide bonds. The summed E-state index contributed by atoms with van der Waals surface area (Å²) >= 11 is 0. The van der Waals surface area contributed by atoms with Crippen molar-refractivity contribution in [2.75, 3.05) is 26.3 Å². The van der Waals surface area contributed by atoms with Gasteiger partial charge in [-0.05, 0) is 19.9 Å². The number of aliphatic hydroxyl groups excluding tert-OH is 2. The fourth-order valence-electron chi connectivity index (χ4n) is 0.695. The van der Waals surface area contributed by atoms with Gasteiger partial charge in [0.25, 0.3) is 10.1 Å². The van der Waals surface area contributed by atoms with Crippen molar-refractivity contribution in [3.05, 3.63) is 12.7 Å². The Hall–Kier alpha value is -1.00. The quantitative estimate of drug-likeness (QED) is 0.218. The maximum Gasteiger partial charge on any atom is 0.288 e. The number of rotatable bonds is 7. The molecule has 5 N–H and O–H groups in total. The molecule has 0 atom stereocenters. The minimum absolute atomic E-state index is 0.139. The van der Waals surface area contributed by atoms with Crippen molar-refractivity contribution < 1.29 is 28.0 Å². The van der Waals surface area contributed by atoms with E-state index < -0.39 is 20.9 Å². The smallest absolute Gasteiger partial charge is 0.288 e. The molecule has 0 heterocycles. The topological polar surface area (TPSA) is 136 Å². The first-order chi connectivity index (χ1) is 8.62. The second-order valence-electron chi connectivity index (χ2n) is 3.88. The first-order valence-corrected chi connectivity index (χ1v) is 6.90. The molecule has 0 aliphatic heterocycles. The van der Waals surface area contributed by atoms with E-state index in [0.717, 1.165) is 6.08 Å². The van der Waals surface area contributed by atoms with Crippen LogP contribution in [0.3, 0.4) is 0 Å². The number of hydrogen-bond acceptors (Lipinski definition) is 6. The highest BCUT2D eigenvalue weighted by molar-refractivity contribution is 7.87. The molecule has 0 aromatic carbocycles. The Morgan fingerprint density at radius 1 is 1.26 bits per heavy atom. The minimum Gasteiger partial charge on any atom is -0.395 e. The van der Waals surface area contributed by atoms with Crippen LogP contribution < -0.4 is 10.6 Å². The fraction of sp³-hybridized carbons (Fsp3) is 0.700. The highest BCUT2D eigenvalue weighted by atomic mass is 32.2. The van der Waals surface area contributed by atoms with Crippen LogP contribution in [0.1, 0.15) is 13.8 Å². The van der Waals surface area contributed by atoms with Crippen LogP contribution in [0.5, 0.6) is 0 Å². The number of amides is 1. The first kappa shape index (κ1) is 20.3. The van der Waals surface area contributed by atoms with E-state index in [4.69, 9.17) is 14.8 Å². The van der Waals surface area contributed by atoms with E-state index in [1.54, 1.807) is 0 Å². The summed E-state index contributed by atoms with van der Waals surface area (Å²) in [6, 6.07) is 0. The van der Waals surface area contributed by atoms with Crippen molar-refractivity contribution in [3.63, 3.8) is 0 Å². The van der Waals surface area contributed by atoms with Gasteiger partial charge >= 0.3 is 0 Å². The van der Waals surface area contributed by atoms with Crippen molar-refractivity contribution >= 4 is 16.0 Å². The standard InChI is InChI=1S/C6H11NO4S.C4H11NO2/c1-4-5(8)7-6(2,3)12(9,10)11;6-3-1-5-2-4-7/h4H,1H2,2-3H3,(H,7,8)(H,9,10,11);5-7H,1-4H2. The van der Waals surface area contributed by atoms with Gasteiger partial charge in [-0.1, -0.05) is 6.58 Å². The average molecular weight is 298 g/mol. The summed E-state index contributed by atoms with van der Waals surface area (Å²) in [5, 5.41) is 21.1. The number of carbonyl (C=O) groups excluding carboxylic acids is 1. The first-order valence-electron chi connectivity index (χ1n) is 5.46. The Bertz CT molecular complexity index is 362. The molecular weight excluding hydrogens is 276 g/mol. The summed E-state index contributed by atoms with van der Waals surface area (Å²) in [5.74, 6) is -0.655. The van der Waals surface area contributed by atoms with Crippen molar-refractivity contribution in [2.45, 2.75) is 18.7 Å². The van der Waals surface area contributed by atoms with E-state index in [0.29, 0.717) is 13.1 Å². The third kappa shape index (κ3) is 10.6. The summed E-state index contributed by atoms with van der Waals surface area (Å²) in [5.41, 5.74) is 0. The number of nitrogens with one attached hydrogen (secondary N) is 2. The second kappa shape index (κ2) is 9.87. The van der Waals surface area contributed by atoms with Gasteiger partial charge in [0.15, 0.2) is 4.87 Å². The van der Waals surface area contributed by atoms with E-state index in [2.05, 4.69) is 17.2 Å². The molecule has 9 heteroatoms. The van der Waals surface area contributed by atoms with Crippen LogP contribution in [-0.2, 0) is 14.9 Å². The molecule has 0 aromatic heterocycles. The molecule has 0 rings (SSSR count). The lowest BCUT2D eigenvalue weighted by Crippen LogP contribution is -2.48. The normalized spacial score (nSPS) is 11.2. The van der Waals surface area contributed by atoms with E-state index in [1.165, 1.54) is 13.8 Å². The fourth-order valence-corrected chi connectivity index (χ4v) is 0.925. The van der Waals surface area contributed by atoms with Crippen LogP contribution in [0.15, 0.2) is 12.7 Å². The third-order valence-corrected chi connectivity index (χ3v) is 3.22. The SMILES string of the molecule is C=CC(=O)NC(C)(C)S(=O)(=O)O.OCCNCCO. The zero-order chi connectivity index (χ0) is 15.5. The Balaban J connectivity index is 0. The Labute approximate surface area is 113 Å². The summed E-state index contributed by atoms with van der Waals surface area (Å²) < 4.78 is 29.8. The van der Waals surface area contributed by atoms with E-state index in [-0.39, 0.29) is 13.2 Å². The highest BCUT2D eigenvalue weighted by Crippen LogP contribution is 2.09. The number of hydrogen-bond donors (Lipinski definition) is 5. The van der Waals surface area contributed by atoms with Gasteiger partial charge in [0.2, 0.25) is 5.91 Å². The van der Waals surface area contributed by atoms with E-state index >= 15 is 0 Å². The maximum absolute atomic E-state index is 10.7. The van der Waals surface area contributed by atoms with Crippen molar-refractivity contribution in [3.8, 4) is 0 Å². The van der Waals surface area contributed by atoms with Gasteiger partial charge in [-0.15, -0.1) is 0 Å². The van der Waals surface area contributed by atoms with Gasteiger partial charge in [-0.2, -0.15) is 8.42 Å². The van der Waals surface area contributed by atoms with Crippen LogP contribution in [-0.4, -0.2) is 60.3 Å². The summed E-state index contributed by atoms with van der Waals surface area (Å²) in [4.78, 5) is 8.99. The predicted molar refractivity (Wildman–Crippen MR) is 71.0 cm³/mol. The molecule has 0 aliphatic rings. The molecule has 0 spiro atoms. The summed E-state index contributed by atoms with van der Waals surface area (Å²) in [7, 11) is -4.29. The van der Waals surface area contributed by atoms with Gasteiger partial charge in [0, 0.05) is 13.1 Å². The van der Waals surface area contributed by atoms with Crippen LogP contribution in [0.4, 0.5) is 0 Å². The highest BCUT2D eigenvalue weighted by Gasteiger charge is 2.33. The predicted octanol–water partition coefficient (Wildman–Crippen LogP) is -1.53. The van der Waals surface area contributed by atoms with Gasteiger partial charge in [-0.25, -0.2) is 0 Å². The third-order valence-electron chi connectivity index (χ3n) is 1.83. The largest absolute Gasteiger partial charge is 0.395 e. The monoisotopic (exact) mass is 298 g/mol. The summed E-state index contributed by atoms with van der Waals surface area (Å²) in [6.07, 6.45) is 0.924. The zero-order valence-electron chi connectivity index (χ0n) is 11.1. The van der Waals surface area contributed by atoms with Crippen molar-refractivity contribution in [1.82, 2.24) is 10.6 Å². The zero-order valence-corrected chi connectivity index (χ0v) is 11.9. The lowest BCUT2D eigenvalue weighted by atomic mass is 10.4. The van der Waals surface area contributed by atoms with Crippen LogP contribution >= 0.6 is 0 Å². The van der Waals surface area contributed by atoms with Gasteiger partial charge in [0.05, 0.1) is 13.2 Å². The lowest BCUT2D eigenvalue weighted by Gasteiger charge is -2.21. The molecule has 0 saturated carbocycles. The van der Waals surface area contributed by atoms with Crippen LogP contribution in [0.25, 0.3) is 0 Å². The van der Waals surface area contributed by atoms with E-state index in [1.807, 2.05) is 0 Å². The number of aliphatic hydroxyl groups is 2. The molecule has 19 heavy (non-hydrogen) atoms. The Morgan fingerprint density at radius 3 is 1.95 bits per heavy atom. The van der Waals surface area contributed by atoms with Crippen molar-refractivity contribution in [2.24, 2.45) is 0 Å². The molecule has 8 nitrogen and oxygen atoms in total. The molecule has 0 aromatic rings. The number of carbonyl (C=O) groups is 1. The molecule has 0 aliphatic carbocycles. The summed E-state index contributed by atoms with van der Waals surface area (Å²) in [6.45, 7) is 6.90.